The van der Waals surface area contributed by atoms with Crippen LogP contribution in [0.15, 0.2) is 24.7 Å². The van der Waals surface area contributed by atoms with Crippen molar-refractivity contribution in [3.8, 4) is 5.82 Å². The molecular formula is C10H9F2N7O3. The van der Waals surface area contributed by atoms with Crippen molar-refractivity contribution in [3.05, 3.63) is 30.2 Å². The van der Waals surface area contributed by atoms with Crippen molar-refractivity contribution in [3.63, 3.8) is 0 Å². The zero-order chi connectivity index (χ0) is 16.3. The topological polar surface area (TPSA) is 139 Å². The van der Waals surface area contributed by atoms with Gasteiger partial charge in [-0.05, 0) is 6.07 Å². The van der Waals surface area contributed by atoms with Gasteiger partial charge in [-0.1, -0.05) is 0 Å². The lowest BCUT2D eigenvalue weighted by Crippen LogP contribution is -2.48. The summed E-state index contributed by atoms with van der Waals surface area (Å²) in [6.45, 7) is 0. The van der Waals surface area contributed by atoms with Gasteiger partial charge in [0.15, 0.2) is 5.82 Å². The molecule has 10 nitrogen and oxygen atoms in total. The number of carbonyl (C=O) groups is 2. The minimum Gasteiger partial charge on any atom is -0.464 e. The zero-order valence-corrected chi connectivity index (χ0v) is 10.7. The fourth-order valence-electron chi connectivity index (χ4n) is 1.58. The van der Waals surface area contributed by atoms with Gasteiger partial charge in [0.1, 0.15) is 0 Å². The number of nitrogens with zero attached hydrogens (tertiary/aromatic N) is 5. The summed E-state index contributed by atoms with van der Waals surface area (Å²) in [7, 11) is 0. The van der Waals surface area contributed by atoms with Gasteiger partial charge >= 0.3 is 12.1 Å². The molecule has 0 aromatic carbocycles. The van der Waals surface area contributed by atoms with Crippen LogP contribution >= 0.6 is 0 Å². The smallest absolute Gasteiger partial charge is 0.424 e. The third-order valence-electron chi connectivity index (χ3n) is 2.41. The molecule has 0 unspecified atom stereocenters. The predicted octanol–water partition coefficient (Wildman–Crippen LogP) is 0.668. The molecule has 0 spiro atoms. The number of urea groups is 1. The Labute approximate surface area is 121 Å². The summed E-state index contributed by atoms with van der Waals surface area (Å²) in [4.78, 5) is 26.4. The minimum atomic E-state index is -2.96. The van der Waals surface area contributed by atoms with Gasteiger partial charge in [0.05, 0.1) is 29.8 Å². The van der Waals surface area contributed by atoms with Crippen LogP contribution in [0.1, 0.15) is 12.0 Å². The number of alkyl halides is 2. The van der Waals surface area contributed by atoms with Crippen LogP contribution in [0, 0.1) is 0 Å². The first-order valence-electron chi connectivity index (χ1n) is 5.64. The van der Waals surface area contributed by atoms with Crippen molar-refractivity contribution in [2.75, 3.05) is 5.01 Å². The molecule has 0 bridgehead atoms. The number of aromatic nitrogens is 4. The first-order valence-corrected chi connectivity index (χ1v) is 5.64. The number of anilines is 1. The van der Waals surface area contributed by atoms with Gasteiger partial charge < -0.3 is 10.8 Å². The van der Waals surface area contributed by atoms with E-state index < -0.39 is 24.1 Å². The second kappa shape index (κ2) is 5.99. The summed E-state index contributed by atoms with van der Waals surface area (Å²) < 4.78 is 26.3. The molecule has 12 heteroatoms. The molecule has 0 radical (unpaired) electrons. The van der Waals surface area contributed by atoms with Gasteiger partial charge in [-0.3, -0.25) is 0 Å². The maximum absolute atomic E-state index is 13.1. The fourth-order valence-corrected chi connectivity index (χ4v) is 1.58. The number of nitrogens with one attached hydrogen (secondary N) is 1. The lowest BCUT2D eigenvalue weighted by atomic mass is 10.2. The van der Waals surface area contributed by atoms with Crippen molar-refractivity contribution in [2.24, 2.45) is 5.73 Å². The van der Waals surface area contributed by atoms with E-state index >= 15 is 0 Å². The van der Waals surface area contributed by atoms with Crippen LogP contribution in [0.5, 0.6) is 0 Å². The average molecular weight is 313 g/mol. The molecule has 2 aromatic heterocycles. The molecule has 0 aliphatic carbocycles. The molecule has 0 aliphatic heterocycles. The zero-order valence-electron chi connectivity index (χ0n) is 10.7. The van der Waals surface area contributed by atoms with Crippen molar-refractivity contribution < 1.29 is 23.5 Å². The number of carboxylic acid groups (broad SMARTS) is 1. The highest BCUT2D eigenvalue weighted by Gasteiger charge is 2.22. The van der Waals surface area contributed by atoms with Crippen LogP contribution in [0.4, 0.5) is 24.1 Å². The van der Waals surface area contributed by atoms with E-state index in [4.69, 9.17) is 10.8 Å². The number of halogens is 2. The fraction of sp³-hybridized carbons (Fsp3) is 0.100. The standard InChI is InChI=1S/C10H9F2N7O3/c11-7(12)6-3-5(18(9(13)20)17-10(21)22)4-14-8(6)19-15-1-2-16-19/h1-4,7,17H,(H2,13,20)(H,21,22). The summed E-state index contributed by atoms with van der Waals surface area (Å²) >= 11 is 0. The van der Waals surface area contributed by atoms with E-state index in [0.29, 0.717) is 5.01 Å². The number of carbonyl (C=O) groups excluding carboxylic acids is 1. The quantitative estimate of drug-likeness (QED) is 0.711. The van der Waals surface area contributed by atoms with Crippen LogP contribution in [0.25, 0.3) is 5.82 Å². The maximum atomic E-state index is 13.1. The highest BCUT2D eigenvalue weighted by Crippen LogP contribution is 2.27. The summed E-state index contributed by atoms with van der Waals surface area (Å²) in [5.41, 5.74) is 5.78. The maximum Gasteiger partial charge on any atom is 0.424 e. The second-order valence-electron chi connectivity index (χ2n) is 3.82. The van der Waals surface area contributed by atoms with Crippen LogP contribution in [0.2, 0.25) is 0 Å². The van der Waals surface area contributed by atoms with Gasteiger partial charge in [0.25, 0.3) is 6.43 Å². The van der Waals surface area contributed by atoms with Crippen molar-refractivity contribution in [1.29, 1.82) is 0 Å². The van der Waals surface area contributed by atoms with Gasteiger partial charge in [0.2, 0.25) is 0 Å². The van der Waals surface area contributed by atoms with Crippen LogP contribution < -0.4 is 16.2 Å². The number of primary amides is 1. The molecule has 116 valence electrons. The van der Waals surface area contributed by atoms with Gasteiger partial charge in [-0.25, -0.2) is 28.8 Å². The molecule has 2 rings (SSSR count). The Morgan fingerprint density at radius 3 is 2.50 bits per heavy atom. The highest BCUT2D eigenvalue weighted by atomic mass is 19.3. The van der Waals surface area contributed by atoms with E-state index in [0.717, 1.165) is 17.1 Å². The summed E-state index contributed by atoms with van der Waals surface area (Å²) in [6, 6.07) is -0.355. The van der Waals surface area contributed by atoms with Crippen molar-refractivity contribution in [2.45, 2.75) is 6.43 Å². The normalized spacial score (nSPS) is 10.5. The van der Waals surface area contributed by atoms with E-state index in [2.05, 4.69) is 15.2 Å². The molecular weight excluding hydrogens is 304 g/mol. The number of amides is 3. The largest absolute Gasteiger partial charge is 0.464 e. The first kappa shape index (κ1) is 15.1. The van der Waals surface area contributed by atoms with E-state index in [1.807, 2.05) is 0 Å². The molecule has 0 atom stereocenters. The van der Waals surface area contributed by atoms with E-state index in [1.165, 1.54) is 12.4 Å². The Bertz CT molecular complexity index is 692. The predicted molar refractivity (Wildman–Crippen MR) is 67.3 cm³/mol. The van der Waals surface area contributed by atoms with Crippen LogP contribution in [-0.2, 0) is 0 Å². The molecule has 2 heterocycles. The SMILES string of the molecule is NC(=O)N(NC(=O)O)c1cnc(-n2nccn2)c(C(F)F)c1. The first-order chi connectivity index (χ1) is 10.4. The Balaban J connectivity index is 2.49. The van der Waals surface area contributed by atoms with Gasteiger partial charge in [-0.2, -0.15) is 15.2 Å². The van der Waals surface area contributed by atoms with E-state index in [-0.39, 0.29) is 11.5 Å². The van der Waals surface area contributed by atoms with Crippen LogP contribution in [-0.4, -0.2) is 37.2 Å². The number of hydrazine groups is 1. The number of nitrogens with two attached hydrogens (primary N) is 1. The Morgan fingerprint density at radius 2 is 2.00 bits per heavy atom. The Kier molecular flexibility index (Phi) is 4.11. The Morgan fingerprint density at radius 1 is 1.36 bits per heavy atom. The summed E-state index contributed by atoms with van der Waals surface area (Å²) in [6.07, 6.45) is -1.05. The molecule has 0 saturated carbocycles. The average Bonchev–Trinajstić information content (AvgIpc) is 2.97. The molecule has 22 heavy (non-hydrogen) atoms. The van der Waals surface area contributed by atoms with Gasteiger partial charge in [-0.15, -0.1) is 4.80 Å². The number of hydrogen-bond donors (Lipinski definition) is 3. The lowest BCUT2D eigenvalue weighted by molar-refractivity contribution is 0.150. The number of hydrogen-bond acceptors (Lipinski definition) is 5. The molecule has 0 aliphatic rings. The molecule has 4 N–H and O–H groups in total. The summed E-state index contributed by atoms with van der Waals surface area (Å²) in [5, 5.41) is 16.4. The van der Waals surface area contributed by atoms with Gasteiger partial charge in [0, 0.05) is 0 Å². The van der Waals surface area contributed by atoms with Crippen molar-refractivity contribution in [1.82, 2.24) is 25.4 Å². The van der Waals surface area contributed by atoms with Crippen LogP contribution in [0.3, 0.4) is 0 Å². The third-order valence-corrected chi connectivity index (χ3v) is 2.41. The molecule has 0 fully saturated rings. The summed E-state index contributed by atoms with van der Waals surface area (Å²) in [5.74, 6) is -0.261. The van der Waals surface area contributed by atoms with E-state index in [9.17, 15) is 18.4 Å². The molecule has 0 saturated heterocycles. The highest BCUT2D eigenvalue weighted by molar-refractivity contribution is 5.92. The molecule has 3 amide bonds. The molecule has 2 aromatic rings. The second-order valence-corrected chi connectivity index (χ2v) is 3.82. The minimum absolute atomic E-state index is 0.261. The number of pyridine rings is 1. The Hall–Kier alpha value is -3.31. The lowest BCUT2D eigenvalue weighted by Gasteiger charge is -2.20. The number of rotatable bonds is 3. The van der Waals surface area contributed by atoms with Crippen molar-refractivity contribution >= 4 is 17.8 Å². The third kappa shape index (κ3) is 3.05. The monoisotopic (exact) mass is 313 g/mol. The van der Waals surface area contributed by atoms with E-state index in [1.54, 1.807) is 5.43 Å².